The van der Waals surface area contributed by atoms with Gasteiger partial charge in [0.15, 0.2) is 0 Å². The Morgan fingerprint density at radius 3 is 2.72 bits per heavy atom. The van der Waals surface area contributed by atoms with Gasteiger partial charge in [-0.15, -0.1) is 0 Å². The molecule has 18 heavy (non-hydrogen) atoms. The zero-order valence-corrected chi connectivity index (χ0v) is 11.9. The van der Waals surface area contributed by atoms with E-state index in [-0.39, 0.29) is 17.5 Å². The highest BCUT2D eigenvalue weighted by Crippen LogP contribution is 2.08. The number of carbonyl (C=O) groups is 1. The molecule has 1 heterocycles. The number of amides is 1. The molecule has 0 aliphatic carbocycles. The van der Waals surface area contributed by atoms with E-state index in [4.69, 9.17) is 0 Å². The molecule has 0 saturated carbocycles. The minimum atomic E-state index is -0.275. The molecule has 0 fully saturated rings. The largest absolute Gasteiger partial charge is 0.371 e. The van der Waals surface area contributed by atoms with Gasteiger partial charge in [0.25, 0.3) is 0 Å². The minimum absolute atomic E-state index is 0.00857. The Bertz CT molecular complexity index is 392. The topological polar surface area (TPSA) is 59.0 Å². The molecule has 5 heteroatoms. The Hall–Kier alpha value is -1.52. The van der Waals surface area contributed by atoms with Gasteiger partial charge in [0.1, 0.15) is 6.04 Å². The van der Waals surface area contributed by atoms with Crippen molar-refractivity contribution in [1.82, 2.24) is 15.1 Å². The molecule has 2 N–H and O–H groups in total. The Morgan fingerprint density at radius 1 is 1.50 bits per heavy atom. The maximum atomic E-state index is 11.9. The van der Waals surface area contributed by atoms with Crippen molar-refractivity contribution in [3.8, 4) is 0 Å². The normalized spacial score (nSPS) is 13.2. The third kappa shape index (κ3) is 4.77. The van der Waals surface area contributed by atoms with Crippen molar-refractivity contribution >= 4 is 11.6 Å². The van der Waals surface area contributed by atoms with Crippen LogP contribution in [0.5, 0.6) is 0 Å². The molecule has 1 aromatic rings. The van der Waals surface area contributed by atoms with Crippen molar-refractivity contribution in [1.29, 1.82) is 0 Å². The fourth-order valence-electron chi connectivity index (χ4n) is 1.58. The van der Waals surface area contributed by atoms with Crippen LogP contribution in [-0.2, 0) is 11.3 Å². The minimum Gasteiger partial charge on any atom is -0.371 e. The maximum Gasteiger partial charge on any atom is 0.242 e. The highest BCUT2D eigenvalue weighted by molar-refractivity contribution is 5.84. The van der Waals surface area contributed by atoms with Gasteiger partial charge in [0.2, 0.25) is 5.91 Å². The van der Waals surface area contributed by atoms with E-state index < -0.39 is 0 Å². The van der Waals surface area contributed by atoms with Gasteiger partial charge in [-0.1, -0.05) is 6.92 Å². The second kappa shape index (κ2) is 5.89. The zero-order chi connectivity index (χ0) is 13.8. The first-order chi connectivity index (χ1) is 8.31. The molecule has 102 valence electrons. The summed E-state index contributed by atoms with van der Waals surface area (Å²) in [5.41, 5.74) is 0.666. The summed E-state index contributed by atoms with van der Waals surface area (Å²) in [6, 6.07) is -0.275. The van der Waals surface area contributed by atoms with Gasteiger partial charge < -0.3 is 10.6 Å². The van der Waals surface area contributed by atoms with Gasteiger partial charge in [-0.3, -0.25) is 9.48 Å². The molecule has 0 aromatic carbocycles. The summed E-state index contributed by atoms with van der Waals surface area (Å²) in [5, 5.41) is 10.3. The molecule has 0 aliphatic heterocycles. The lowest BCUT2D eigenvalue weighted by molar-refractivity contribution is -0.122. The fraction of sp³-hybridized carbons (Fsp3) is 0.692. The molecule has 1 rings (SSSR count). The van der Waals surface area contributed by atoms with E-state index in [1.807, 2.05) is 38.6 Å². The molecule has 0 bridgehead atoms. The monoisotopic (exact) mass is 252 g/mol. The lowest BCUT2D eigenvalue weighted by Gasteiger charge is -2.23. The lowest BCUT2D eigenvalue weighted by Crippen LogP contribution is -2.47. The fourth-order valence-corrected chi connectivity index (χ4v) is 1.58. The van der Waals surface area contributed by atoms with Gasteiger partial charge >= 0.3 is 0 Å². The zero-order valence-electron chi connectivity index (χ0n) is 11.9. The van der Waals surface area contributed by atoms with Crippen LogP contribution in [0.1, 0.15) is 41.0 Å². The van der Waals surface area contributed by atoms with Crippen LogP contribution in [0.3, 0.4) is 0 Å². The van der Waals surface area contributed by atoms with Crippen LogP contribution in [0, 0.1) is 0 Å². The van der Waals surface area contributed by atoms with Crippen molar-refractivity contribution in [2.24, 2.45) is 0 Å². The maximum absolute atomic E-state index is 11.9. The summed E-state index contributed by atoms with van der Waals surface area (Å²) in [6.07, 6.45) is 4.71. The molecule has 0 saturated heterocycles. The molecule has 1 atom stereocenters. The summed E-state index contributed by atoms with van der Waals surface area (Å²) >= 11 is 0. The summed E-state index contributed by atoms with van der Waals surface area (Å²) in [7, 11) is 0. The highest BCUT2D eigenvalue weighted by Gasteiger charge is 2.19. The third-order valence-corrected chi connectivity index (χ3v) is 2.36. The Morgan fingerprint density at radius 2 is 2.17 bits per heavy atom. The second-order valence-electron chi connectivity index (χ2n) is 5.60. The Balaban J connectivity index is 2.52. The SMILES string of the molecule is CCCn1cc(N[C@H](C)C(=O)NC(C)(C)C)cn1. The number of carbonyl (C=O) groups excluding carboxylic acids is 1. The highest BCUT2D eigenvalue weighted by atomic mass is 16.2. The van der Waals surface area contributed by atoms with Crippen LogP contribution >= 0.6 is 0 Å². The average molecular weight is 252 g/mol. The van der Waals surface area contributed by atoms with Crippen LogP contribution in [0.4, 0.5) is 5.69 Å². The quantitative estimate of drug-likeness (QED) is 0.842. The standard InChI is InChI=1S/C13H24N4O/c1-6-7-17-9-11(8-14-17)15-10(2)12(18)16-13(3,4)5/h8-10,15H,6-7H2,1-5H3,(H,16,18)/t10-/m1/s1. The van der Waals surface area contributed by atoms with Crippen molar-refractivity contribution in [3.63, 3.8) is 0 Å². The van der Waals surface area contributed by atoms with Crippen LogP contribution in [-0.4, -0.2) is 27.3 Å². The summed E-state index contributed by atoms with van der Waals surface area (Å²) < 4.78 is 1.87. The summed E-state index contributed by atoms with van der Waals surface area (Å²) in [5.74, 6) is -0.00857. The van der Waals surface area contributed by atoms with Gasteiger partial charge in [-0.25, -0.2) is 0 Å². The molecule has 0 spiro atoms. The third-order valence-electron chi connectivity index (χ3n) is 2.36. The molecule has 1 aromatic heterocycles. The van der Waals surface area contributed by atoms with Crippen molar-refractivity contribution in [3.05, 3.63) is 12.4 Å². The molecule has 5 nitrogen and oxygen atoms in total. The van der Waals surface area contributed by atoms with Crippen molar-refractivity contribution < 1.29 is 4.79 Å². The van der Waals surface area contributed by atoms with E-state index in [1.165, 1.54) is 0 Å². The van der Waals surface area contributed by atoms with Crippen LogP contribution in [0.25, 0.3) is 0 Å². The number of anilines is 1. The van der Waals surface area contributed by atoms with E-state index >= 15 is 0 Å². The van der Waals surface area contributed by atoms with Crippen molar-refractivity contribution in [2.45, 2.75) is 59.2 Å². The molecular formula is C13H24N4O. The number of aromatic nitrogens is 2. The Kier molecular flexibility index (Phi) is 4.76. The number of hydrogen-bond donors (Lipinski definition) is 2. The van der Waals surface area contributed by atoms with E-state index in [1.54, 1.807) is 6.20 Å². The number of rotatable bonds is 5. The first-order valence-electron chi connectivity index (χ1n) is 6.43. The van der Waals surface area contributed by atoms with Gasteiger partial charge in [-0.05, 0) is 34.1 Å². The lowest BCUT2D eigenvalue weighted by atomic mass is 10.1. The van der Waals surface area contributed by atoms with Gasteiger partial charge in [-0.2, -0.15) is 5.10 Å². The molecule has 0 aliphatic rings. The molecular weight excluding hydrogens is 228 g/mol. The summed E-state index contributed by atoms with van der Waals surface area (Å²) in [4.78, 5) is 11.9. The van der Waals surface area contributed by atoms with Gasteiger partial charge in [0, 0.05) is 18.3 Å². The first-order valence-corrected chi connectivity index (χ1v) is 6.43. The number of hydrogen-bond acceptors (Lipinski definition) is 3. The smallest absolute Gasteiger partial charge is 0.242 e. The molecule has 1 amide bonds. The van der Waals surface area contributed by atoms with E-state index in [2.05, 4.69) is 22.7 Å². The predicted molar refractivity (Wildman–Crippen MR) is 73.5 cm³/mol. The molecule has 0 radical (unpaired) electrons. The van der Waals surface area contributed by atoms with Crippen LogP contribution in [0.2, 0.25) is 0 Å². The second-order valence-corrected chi connectivity index (χ2v) is 5.60. The van der Waals surface area contributed by atoms with Gasteiger partial charge in [0.05, 0.1) is 11.9 Å². The molecule has 0 unspecified atom stereocenters. The predicted octanol–water partition coefficient (Wildman–Crippen LogP) is 2.01. The number of aryl methyl sites for hydroxylation is 1. The summed E-state index contributed by atoms with van der Waals surface area (Å²) in [6.45, 7) is 10.8. The van der Waals surface area contributed by atoms with Crippen LogP contribution < -0.4 is 10.6 Å². The average Bonchev–Trinajstić information content (AvgIpc) is 2.63. The van der Waals surface area contributed by atoms with E-state index in [0.29, 0.717) is 0 Å². The number of nitrogens with zero attached hydrogens (tertiary/aromatic N) is 2. The number of nitrogens with one attached hydrogen (secondary N) is 2. The van der Waals surface area contributed by atoms with E-state index in [9.17, 15) is 4.79 Å². The van der Waals surface area contributed by atoms with Crippen LogP contribution in [0.15, 0.2) is 12.4 Å². The Labute approximate surface area is 109 Å². The van der Waals surface area contributed by atoms with E-state index in [0.717, 1.165) is 18.7 Å². The van der Waals surface area contributed by atoms with Crippen molar-refractivity contribution in [2.75, 3.05) is 5.32 Å². The first kappa shape index (κ1) is 14.5.